The summed E-state index contributed by atoms with van der Waals surface area (Å²) >= 11 is 0. The van der Waals surface area contributed by atoms with E-state index in [2.05, 4.69) is 21.0 Å². The average molecular weight is 722 g/mol. The number of carbonyl (C=O) groups is 4. The van der Waals surface area contributed by atoms with Crippen molar-refractivity contribution in [3.63, 3.8) is 0 Å². The first kappa shape index (κ1) is 38.2. The molecule has 2 aliphatic carbocycles. The number of hydrogen-bond acceptors (Lipinski definition) is 7. The van der Waals surface area contributed by atoms with Crippen LogP contribution in [0.1, 0.15) is 68.4 Å². The Hall–Kier alpha value is -4.05. The number of rotatable bonds is 14. The Morgan fingerprint density at radius 2 is 1.67 bits per heavy atom. The fourth-order valence-electron chi connectivity index (χ4n) is 6.94. The number of ether oxygens (including phenoxy) is 1. The molecule has 5 rings (SSSR count). The third kappa shape index (κ3) is 8.88. The van der Waals surface area contributed by atoms with Crippen molar-refractivity contribution in [1.29, 1.82) is 0 Å². The Labute approximate surface area is 294 Å². The molecule has 2 unspecified atom stereocenters. The van der Waals surface area contributed by atoms with E-state index < -0.39 is 65.3 Å². The molecule has 5 atom stereocenters. The number of hydrogen-bond donors (Lipinski definition) is 3. The molecule has 3 fully saturated rings. The number of anilines is 1. The number of aromatic nitrogens is 2. The number of amides is 4. The largest absolute Gasteiger partial charge is 0.398 e. The second kappa shape index (κ2) is 15.7. The third-order valence-electron chi connectivity index (χ3n) is 10.4. The first-order chi connectivity index (χ1) is 24.1. The maximum Gasteiger partial charge on any atom is 0.398 e. The summed E-state index contributed by atoms with van der Waals surface area (Å²) in [5.74, 6) is -6.67. The lowest BCUT2D eigenvalue weighted by atomic mass is 9.88. The average Bonchev–Trinajstić information content (AvgIpc) is 4.04. The highest BCUT2D eigenvalue weighted by Gasteiger charge is 2.51. The number of aryl methyl sites for hydroxylation is 1. The standard InChI is InChI=1S/C35H47F4N7O5/c1-6-46-26(13-14-40-46)32(48)42-29(27(21-7-8-21)22-9-10-22)33(49)41-25-12-11-23(17-24(25)36)28(35(37,38)39)30(43-31(47)20(3)51-5)34(50)45-16-15-44(4)19(2)18-45/h11-14,17,19-22,27-30H,6-10,15-16,18H2,1-5H3,(H,41,49)(H,42,48)(H,43,47)/t19-,20+,28?,29+,30?/m1/s1. The Bertz CT molecular complexity index is 1580. The van der Waals surface area contributed by atoms with Gasteiger partial charge in [0.15, 0.2) is 0 Å². The zero-order valence-electron chi connectivity index (χ0n) is 29.5. The van der Waals surface area contributed by atoms with Crippen LogP contribution in [0.25, 0.3) is 0 Å². The third-order valence-corrected chi connectivity index (χ3v) is 10.4. The molecule has 51 heavy (non-hydrogen) atoms. The summed E-state index contributed by atoms with van der Waals surface area (Å²) in [6, 6.07) is 0.859. The fourth-order valence-corrected chi connectivity index (χ4v) is 6.94. The van der Waals surface area contributed by atoms with Crippen LogP contribution in [0.3, 0.4) is 0 Å². The summed E-state index contributed by atoms with van der Waals surface area (Å²) in [5.41, 5.74) is -0.743. The van der Waals surface area contributed by atoms with Crippen LogP contribution in [0.5, 0.6) is 0 Å². The lowest BCUT2D eigenvalue weighted by Crippen LogP contribution is -2.60. The molecule has 1 aliphatic heterocycles. The predicted molar refractivity (Wildman–Crippen MR) is 179 cm³/mol. The minimum absolute atomic E-state index is 0.132. The molecule has 1 aromatic heterocycles. The predicted octanol–water partition coefficient (Wildman–Crippen LogP) is 3.54. The van der Waals surface area contributed by atoms with E-state index in [0.29, 0.717) is 19.2 Å². The number of alkyl halides is 3. The molecule has 1 saturated heterocycles. The Morgan fingerprint density at radius 3 is 2.22 bits per heavy atom. The van der Waals surface area contributed by atoms with E-state index in [9.17, 15) is 32.3 Å². The normalized spacial score (nSPS) is 20.7. The van der Waals surface area contributed by atoms with Gasteiger partial charge in [0.05, 0.1) is 5.69 Å². The van der Waals surface area contributed by atoms with Gasteiger partial charge in [-0.3, -0.25) is 23.9 Å². The molecule has 3 N–H and O–H groups in total. The zero-order chi connectivity index (χ0) is 37.2. The van der Waals surface area contributed by atoms with Gasteiger partial charge in [-0.15, -0.1) is 0 Å². The van der Waals surface area contributed by atoms with Crippen molar-refractivity contribution >= 4 is 29.3 Å². The second-order valence-electron chi connectivity index (χ2n) is 14.0. The van der Waals surface area contributed by atoms with Crippen molar-refractivity contribution < 1.29 is 41.5 Å². The van der Waals surface area contributed by atoms with Gasteiger partial charge >= 0.3 is 6.18 Å². The maximum atomic E-state index is 15.8. The minimum atomic E-state index is -5.10. The molecular formula is C35H47F4N7O5. The quantitative estimate of drug-likeness (QED) is 0.254. The van der Waals surface area contributed by atoms with Gasteiger partial charge in [0.25, 0.3) is 5.91 Å². The summed E-state index contributed by atoms with van der Waals surface area (Å²) in [6.07, 6.45) is -1.22. The minimum Gasteiger partial charge on any atom is -0.372 e. The van der Waals surface area contributed by atoms with Crippen molar-refractivity contribution in [2.45, 2.75) is 89.3 Å². The molecule has 16 heteroatoms. The van der Waals surface area contributed by atoms with Gasteiger partial charge in [-0.05, 0) is 95.0 Å². The van der Waals surface area contributed by atoms with E-state index in [1.807, 2.05) is 25.8 Å². The lowest BCUT2D eigenvalue weighted by molar-refractivity contribution is -0.169. The van der Waals surface area contributed by atoms with Crippen LogP contribution in [-0.4, -0.2) is 107 Å². The number of benzene rings is 1. The molecule has 0 radical (unpaired) electrons. The topological polar surface area (TPSA) is 138 Å². The summed E-state index contributed by atoms with van der Waals surface area (Å²) < 4.78 is 67.1. The Balaban J connectivity index is 1.43. The van der Waals surface area contributed by atoms with E-state index in [4.69, 9.17) is 4.74 Å². The van der Waals surface area contributed by atoms with E-state index in [1.165, 1.54) is 35.9 Å². The number of carbonyl (C=O) groups excluding carboxylic acids is 4. The molecule has 2 heterocycles. The van der Waals surface area contributed by atoms with Crippen LogP contribution >= 0.6 is 0 Å². The highest BCUT2D eigenvalue weighted by Crippen LogP contribution is 2.51. The van der Waals surface area contributed by atoms with Gasteiger partial charge in [-0.2, -0.15) is 18.3 Å². The summed E-state index contributed by atoms with van der Waals surface area (Å²) in [5, 5.41) is 11.7. The van der Waals surface area contributed by atoms with Crippen LogP contribution < -0.4 is 16.0 Å². The fraction of sp³-hybridized carbons (Fsp3) is 0.629. The van der Waals surface area contributed by atoms with Gasteiger partial charge in [-0.1, -0.05) is 6.07 Å². The highest BCUT2D eigenvalue weighted by molar-refractivity contribution is 6.01. The van der Waals surface area contributed by atoms with Crippen molar-refractivity contribution in [3.05, 3.63) is 47.5 Å². The van der Waals surface area contributed by atoms with Crippen LogP contribution in [0, 0.1) is 23.6 Å². The zero-order valence-corrected chi connectivity index (χ0v) is 29.5. The van der Waals surface area contributed by atoms with Gasteiger partial charge < -0.3 is 30.5 Å². The number of nitrogens with one attached hydrogen (secondary N) is 3. The molecule has 4 amide bonds. The van der Waals surface area contributed by atoms with E-state index >= 15 is 4.39 Å². The highest BCUT2D eigenvalue weighted by atomic mass is 19.4. The lowest BCUT2D eigenvalue weighted by Gasteiger charge is -2.40. The van der Waals surface area contributed by atoms with Crippen molar-refractivity contribution in [2.75, 3.05) is 39.1 Å². The van der Waals surface area contributed by atoms with Crippen LogP contribution in [0.2, 0.25) is 0 Å². The first-order valence-corrected chi connectivity index (χ1v) is 17.5. The molecule has 2 saturated carbocycles. The summed E-state index contributed by atoms with van der Waals surface area (Å²) in [7, 11) is 3.05. The number of methoxy groups -OCH3 is 1. The van der Waals surface area contributed by atoms with Crippen molar-refractivity contribution in [3.8, 4) is 0 Å². The van der Waals surface area contributed by atoms with Crippen molar-refractivity contribution in [1.82, 2.24) is 30.2 Å². The summed E-state index contributed by atoms with van der Waals surface area (Å²) in [6.45, 7) is 6.09. The van der Waals surface area contributed by atoms with Gasteiger partial charge in [0, 0.05) is 45.5 Å². The van der Waals surface area contributed by atoms with E-state index in [0.717, 1.165) is 37.8 Å². The molecule has 0 bridgehead atoms. The molecule has 280 valence electrons. The van der Waals surface area contributed by atoms with Crippen LogP contribution in [0.4, 0.5) is 23.2 Å². The van der Waals surface area contributed by atoms with Crippen molar-refractivity contribution in [2.24, 2.45) is 17.8 Å². The number of likely N-dealkylation sites (N-methyl/N-ethyl adjacent to an activating group) is 1. The maximum absolute atomic E-state index is 15.8. The molecule has 1 aromatic carbocycles. The smallest absolute Gasteiger partial charge is 0.372 e. The molecule has 0 spiro atoms. The number of piperazine rings is 1. The summed E-state index contributed by atoms with van der Waals surface area (Å²) in [4.78, 5) is 57.0. The molecular weight excluding hydrogens is 674 g/mol. The van der Waals surface area contributed by atoms with Crippen LogP contribution in [-0.2, 0) is 25.7 Å². The second-order valence-corrected chi connectivity index (χ2v) is 14.0. The van der Waals surface area contributed by atoms with E-state index in [1.54, 1.807) is 0 Å². The van der Waals surface area contributed by atoms with Gasteiger partial charge in [-0.25, -0.2) is 4.39 Å². The number of halogens is 4. The van der Waals surface area contributed by atoms with Crippen LogP contribution in [0.15, 0.2) is 30.5 Å². The monoisotopic (exact) mass is 721 g/mol. The number of nitrogens with zero attached hydrogens (tertiary/aromatic N) is 4. The SMILES string of the molecule is CCn1nccc1C(=O)N[C@H](C(=O)Nc1ccc(C(C(NC(=O)[C@H](C)OC)C(=O)N2CCN(C)[C@H](C)C2)C(F)(F)F)cc1F)C(C1CC1)C1CC1. The molecule has 2 aromatic rings. The Kier molecular flexibility index (Phi) is 11.7. The Morgan fingerprint density at radius 1 is 1.00 bits per heavy atom. The molecule has 12 nitrogen and oxygen atoms in total. The van der Waals surface area contributed by atoms with Gasteiger partial charge in [0.2, 0.25) is 17.7 Å². The first-order valence-electron chi connectivity index (χ1n) is 17.5. The molecule has 3 aliphatic rings. The van der Waals surface area contributed by atoms with E-state index in [-0.39, 0.29) is 48.3 Å². The van der Waals surface area contributed by atoms with Gasteiger partial charge in [0.1, 0.15) is 35.6 Å².